The number of nitrogens with zero attached hydrogens (tertiary/aromatic N) is 2. The van der Waals surface area contributed by atoms with E-state index in [1.165, 1.54) is 0 Å². The van der Waals surface area contributed by atoms with Gasteiger partial charge in [-0.25, -0.2) is 15.8 Å². The van der Waals surface area contributed by atoms with Crippen LogP contribution in [0.5, 0.6) is 0 Å². The lowest BCUT2D eigenvalue weighted by Crippen LogP contribution is -2.36. The summed E-state index contributed by atoms with van der Waals surface area (Å²) in [6.07, 6.45) is 1.01. The summed E-state index contributed by atoms with van der Waals surface area (Å²) in [4.78, 5) is 8.68. The van der Waals surface area contributed by atoms with Crippen molar-refractivity contribution in [2.24, 2.45) is 11.3 Å². The largest absolute Gasteiger partial charge is 0.377 e. The van der Waals surface area contributed by atoms with Crippen LogP contribution in [0, 0.1) is 5.41 Å². The number of hydrogen-bond acceptors (Lipinski definition) is 6. The van der Waals surface area contributed by atoms with E-state index in [0.717, 1.165) is 12.2 Å². The first-order chi connectivity index (χ1) is 9.15. The number of nitrogens with two attached hydrogens (primary N) is 1. The van der Waals surface area contributed by atoms with Gasteiger partial charge in [-0.1, -0.05) is 20.8 Å². The molecule has 0 bridgehead atoms. The first-order valence-corrected chi connectivity index (χ1v) is 6.77. The lowest BCUT2D eigenvalue weighted by molar-refractivity contribution is 0.178. The van der Waals surface area contributed by atoms with Crippen molar-refractivity contribution >= 4 is 11.6 Å². The molecule has 1 aromatic heterocycles. The van der Waals surface area contributed by atoms with Crippen LogP contribution in [0.2, 0.25) is 0 Å². The number of nitrogen functional groups attached to an aromatic ring is 1. The van der Waals surface area contributed by atoms with E-state index in [0.29, 0.717) is 18.2 Å². The molecule has 6 nitrogen and oxygen atoms in total. The highest BCUT2D eigenvalue weighted by Gasteiger charge is 2.25. The summed E-state index contributed by atoms with van der Waals surface area (Å²) in [5.74, 6) is 7.35. The van der Waals surface area contributed by atoms with Crippen molar-refractivity contribution in [1.29, 1.82) is 0 Å². The van der Waals surface area contributed by atoms with Gasteiger partial charge in [0.1, 0.15) is 18.2 Å². The fourth-order valence-corrected chi connectivity index (χ4v) is 2.55. The van der Waals surface area contributed by atoms with Gasteiger partial charge in [-0.3, -0.25) is 0 Å². The van der Waals surface area contributed by atoms with E-state index in [-0.39, 0.29) is 11.0 Å². The predicted molar refractivity (Wildman–Crippen MR) is 82.3 cm³/mol. The quantitative estimate of drug-likeness (QED) is 0.549. The van der Waals surface area contributed by atoms with Gasteiger partial charge >= 0.3 is 0 Å². The van der Waals surface area contributed by atoms with Gasteiger partial charge in [0, 0.05) is 18.7 Å². The van der Waals surface area contributed by atoms with E-state index < -0.39 is 0 Å². The highest BCUT2D eigenvalue weighted by atomic mass is 16.5. The SMILES string of the molecule is COCc1nc(NN)cc(NC(C)(C)CC(C)(C)C)n1. The molecule has 0 saturated heterocycles. The molecule has 4 N–H and O–H groups in total. The van der Waals surface area contributed by atoms with Gasteiger partial charge in [-0.15, -0.1) is 0 Å². The highest BCUT2D eigenvalue weighted by molar-refractivity contribution is 5.48. The second-order valence-electron chi connectivity index (χ2n) is 6.88. The lowest BCUT2D eigenvalue weighted by Gasteiger charge is -2.33. The van der Waals surface area contributed by atoms with Crippen LogP contribution in [-0.2, 0) is 11.3 Å². The smallest absolute Gasteiger partial charge is 0.158 e. The number of hydrogen-bond donors (Lipinski definition) is 3. The fourth-order valence-electron chi connectivity index (χ4n) is 2.55. The molecular formula is C14H27N5O. The summed E-state index contributed by atoms with van der Waals surface area (Å²) in [7, 11) is 1.61. The number of nitrogens with one attached hydrogen (secondary N) is 2. The molecule has 114 valence electrons. The van der Waals surface area contributed by atoms with Crippen LogP contribution in [-0.4, -0.2) is 22.6 Å². The van der Waals surface area contributed by atoms with Crippen molar-refractivity contribution in [3.05, 3.63) is 11.9 Å². The Labute approximate surface area is 121 Å². The minimum Gasteiger partial charge on any atom is -0.377 e. The molecule has 0 aromatic carbocycles. The molecule has 0 unspecified atom stereocenters. The van der Waals surface area contributed by atoms with Gasteiger partial charge in [0.15, 0.2) is 5.82 Å². The van der Waals surface area contributed by atoms with E-state index in [4.69, 9.17) is 10.6 Å². The summed E-state index contributed by atoms with van der Waals surface area (Å²) in [5.41, 5.74) is 2.70. The molecule has 0 spiro atoms. The zero-order chi connectivity index (χ0) is 15.4. The summed E-state index contributed by atoms with van der Waals surface area (Å²) < 4.78 is 5.07. The minimum atomic E-state index is -0.0805. The summed E-state index contributed by atoms with van der Waals surface area (Å²) in [5, 5.41) is 3.45. The topological polar surface area (TPSA) is 85.1 Å². The lowest BCUT2D eigenvalue weighted by atomic mass is 9.82. The van der Waals surface area contributed by atoms with E-state index in [2.05, 4.69) is 55.3 Å². The maximum absolute atomic E-state index is 5.44. The Morgan fingerprint density at radius 3 is 2.25 bits per heavy atom. The number of hydrazine groups is 1. The second-order valence-corrected chi connectivity index (χ2v) is 6.88. The average Bonchev–Trinajstić information content (AvgIpc) is 2.24. The molecule has 20 heavy (non-hydrogen) atoms. The van der Waals surface area contributed by atoms with Gasteiger partial charge in [0.05, 0.1) is 0 Å². The standard InChI is InChI=1S/C14H27N5O/c1-13(2,3)9-14(4,5)18-10-7-11(19-15)17-12(16-10)8-20-6/h7H,8-9,15H2,1-6H3,(H2,16,17,18,19). The molecule has 0 aliphatic heterocycles. The molecular weight excluding hydrogens is 254 g/mol. The van der Waals surface area contributed by atoms with Crippen LogP contribution in [0.4, 0.5) is 11.6 Å². The maximum atomic E-state index is 5.44. The van der Waals surface area contributed by atoms with Crippen LogP contribution in [0.3, 0.4) is 0 Å². The van der Waals surface area contributed by atoms with Crippen LogP contribution in [0.1, 0.15) is 46.9 Å². The van der Waals surface area contributed by atoms with Crippen molar-refractivity contribution in [1.82, 2.24) is 9.97 Å². The molecule has 1 aromatic rings. The third kappa shape index (κ3) is 5.71. The Kier molecular flexibility index (Phi) is 5.30. The van der Waals surface area contributed by atoms with E-state index >= 15 is 0 Å². The molecule has 1 rings (SSSR count). The summed E-state index contributed by atoms with van der Waals surface area (Å²) >= 11 is 0. The molecule has 0 radical (unpaired) electrons. The Morgan fingerprint density at radius 1 is 1.15 bits per heavy atom. The number of anilines is 2. The molecule has 0 atom stereocenters. The zero-order valence-corrected chi connectivity index (χ0v) is 13.4. The van der Waals surface area contributed by atoms with Crippen molar-refractivity contribution < 1.29 is 4.74 Å². The Balaban J connectivity index is 2.92. The Morgan fingerprint density at radius 2 is 1.75 bits per heavy atom. The molecule has 0 amide bonds. The van der Waals surface area contributed by atoms with Crippen molar-refractivity contribution in [3.63, 3.8) is 0 Å². The number of aromatic nitrogens is 2. The van der Waals surface area contributed by atoms with Crippen molar-refractivity contribution in [2.75, 3.05) is 17.9 Å². The summed E-state index contributed by atoms with van der Waals surface area (Å²) in [6, 6.07) is 1.80. The van der Waals surface area contributed by atoms with Gasteiger partial charge in [0.2, 0.25) is 0 Å². The molecule has 0 aliphatic carbocycles. The minimum absolute atomic E-state index is 0.0805. The van der Waals surface area contributed by atoms with Crippen molar-refractivity contribution in [2.45, 2.75) is 53.2 Å². The van der Waals surface area contributed by atoms with Gasteiger partial charge in [-0.2, -0.15) is 0 Å². The molecule has 0 fully saturated rings. The highest BCUT2D eigenvalue weighted by Crippen LogP contribution is 2.29. The first-order valence-electron chi connectivity index (χ1n) is 6.77. The molecule has 6 heteroatoms. The average molecular weight is 281 g/mol. The first kappa shape index (κ1) is 16.7. The third-order valence-electron chi connectivity index (χ3n) is 2.63. The monoisotopic (exact) mass is 281 g/mol. The fraction of sp³-hybridized carbons (Fsp3) is 0.714. The molecule has 1 heterocycles. The normalized spacial score (nSPS) is 12.3. The molecule has 0 aliphatic rings. The predicted octanol–water partition coefficient (Wildman–Crippen LogP) is 2.54. The number of methoxy groups -OCH3 is 1. The third-order valence-corrected chi connectivity index (χ3v) is 2.63. The number of ether oxygens (including phenoxy) is 1. The Hall–Kier alpha value is -1.40. The second kappa shape index (κ2) is 6.37. The van der Waals surface area contributed by atoms with Gasteiger partial charge in [0.25, 0.3) is 0 Å². The van der Waals surface area contributed by atoms with E-state index in [9.17, 15) is 0 Å². The Bertz CT molecular complexity index is 440. The van der Waals surface area contributed by atoms with E-state index in [1.807, 2.05) is 0 Å². The van der Waals surface area contributed by atoms with E-state index in [1.54, 1.807) is 13.2 Å². The van der Waals surface area contributed by atoms with Gasteiger partial charge < -0.3 is 15.5 Å². The van der Waals surface area contributed by atoms with Crippen LogP contribution >= 0.6 is 0 Å². The van der Waals surface area contributed by atoms with Crippen LogP contribution in [0.15, 0.2) is 6.07 Å². The zero-order valence-electron chi connectivity index (χ0n) is 13.4. The van der Waals surface area contributed by atoms with Crippen LogP contribution in [0.25, 0.3) is 0 Å². The molecule has 0 saturated carbocycles. The van der Waals surface area contributed by atoms with Crippen molar-refractivity contribution in [3.8, 4) is 0 Å². The maximum Gasteiger partial charge on any atom is 0.158 e. The number of rotatable bonds is 6. The van der Waals surface area contributed by atoms with Gasteiger partial charge in [-0.05, 0) is 25.7 Å². The summed E-state index contributed by atoms with van der Waals surface area (Å²) in [6.45, 7) is 11.3. The van der Waals surface area contributed by atoms with Crippen LogP contribution < -0.4 is 16.6 Å².